The number of fused-ring (bicyclic) bond motifs is 1. The first-order valence-corrected chi connectivity index (χ1v) is 12.6. The summed E-state index contributed by atoms with van der Waals surface area (Å²) in [5.41, 5.74) is 2.69. The SMILES string of the molecule is CCOP(=O)(OCC)C(c1ccc(Br)cc1)c1c2ccccc2nn1-c1ccccc1. The van der Waals surface area contributed by atoms with Crippen LogP contribution in [0.2, 0.25) is 0 Å². The molecule has 0 aliphatic carbocycles. The van der Waals surface area contributed by atoms with Crippen LogP contribution in [0.3, 0.4) is 0 Å². The van der Waals surface area contributed by atoms with E-state index >= 15 is 0 Å². The van der Waals surface area contributed by atoms with Gasteiger partial charge in [0.15, 0.2) is 0 Å². The zero-order chi connectivity index (χ0) is 21.8. The monoisotopic (exact) mass is 498 g/mol. The topological polar surface area (TPSA) is 53.4 Å². The van der Waals surface area contributed by atoms with Gasteiger partial charge < -0.3 is 9.05 Å². The van der Waals surface area contributed by atoms with E-state index in [0.29, 0.717) is 0 Å². The molecular weight excluding hydrogens is 475 g/mol. The number of halogens is 1. The summed E-state index contributed by atoms with van der Waals surface area (Å²) in [5, 5.41) is 5.77. The van der Waals surface area contributed by atoms with Crippen molar-refractivity contribution in [3.8, 4) is 5.69 Å². The molecule has 5 nitrogen and oxygen atoms in total. The quantitative estimate of drug-likeness (QED) is 0.242. The third-order valence-electron chi connectivity index (χ3n) is 5.00. The van der Waals surface area contributed by atoms with Gasteiger partial charge in [-0.3, -0.25) is 4.57 Å². The average Bonchev–Trinajstić information content (AvgIpc) is 3.15. The molecule has 31 heavy (non-hydrogen) atoms. The van der Waals surface area contributed by atoms with Crippen LogP contribution in [0.15, 0.2) is 83.3 Å². The summed E-state index contributed by atoms with van der Waals surface area (Å²) in [6, 6.07) is 25.5. The van der Waals surface area contributed by atoms with Gasteiger partial charge >= 0.3 is 7.60 Å². The lowest BCUT2D eigenvalue weighted by molar-refractivity contribution is 0.214. The molecule has 0 aliphatic rings. The van der Waals surface area contributed by atoms with Gasteiger partial charge in [0.2, 0.25) is 0 Å². The summed E-state index contributed by atoms with van der Waals surface area (Å²) >= 11 is 3.50. The van der Waals surface area contributed by atoms with Crippen molar-refractivity contribution in [3.05, 3.63) is 94.6 Å². The molecule has 0 saturated heterocycles. The van der Waals surface area contributed by atoms with Gasteiger partial charge in [0.25, 0.3) is 0 Å². The van der Waals surface area contributed by atoms with Gasteiger partial charge in [0.05, 0.1) is 30.1 Å². The highest BCUT2D eigenvalue weighted by Gasteiger charge is 2.41. The third kappa shape index (κ3) is 4.39. The van der Waals surface area contributed by atoms with Crippen LogP contribution < -0.4 is 0 Å². The second-order valence-corrected chi connectivity index (χ2v) is 10.0. The summed E-state index contributed by atoms with van der Waals surface area (Å²) in [4.78, 5) is 0. The molecule has 160 valence electrons. The van der Waals surface area contributed by atoms with Crippen LogP contribution in [0.5, 0.6) is 0 Å². The molecule has 1 aromatic heterocycles. The van der Waals surface area contributed by atoms with Crippen molar-refractivity contribution in [2.75, 3.05) is 13.2 Å². The van der Waals surface area contributed by atoms with E-state index in [4.69, 9.17) is 14.1 Å². The van der Waals surface area contributed by atoms with E-state index in [-0.39, 0.29) is 13.2 Å². The fraction of sp³-hybridized carbons (Fsp3) is 0.208. The fourth-order valence-corrected chi connectivity index (χ4v) is 6.21. The number of hydrogen-bond donors (Lipinski definition) is 0. The number of para-hydroxylation sites is 1. The molecular formula is C24H24BrN2O3P. The van der Waals surface area contributed by atoms with Crippen LogP contribution in [0.1, 0.15) is 30.8 Å². The first-order valence-electron chi connectivity index (χ1n) is 10.2. The molecule has 1 unspecified atom stereocenters. The predicted molar refractivity (Wildman–Crippen MR) is 128 cm³/mol. The van der Waals surface area contributed by atoms with Crippen molar-refractivity contribution in [1.82, 2.24) is 9.78 Å². The summed E-state index contributed by atoms with van der Waals surface area (Å²) in [7, 11) is -3.58. The predicted octanol–water partition coefficient (Wildman–Crippen LogP) is 7.14. The van der Waals surface area contributed by atoms with Crippen molar-refractivity contribution < 1.29 is 13.6 Å². The van der Waals surface area contributed by atoms with E-state index in [1.807, 2.05) is 97.4 Å². The van der Waals surface area contributed by atoms with Crippen LogP contribution in [0.25, 0.3) is 16.6 Å². The van der Waals surface area contributed by atoms with Gasteiger partial charge in [-0.25, -0.2) is 4.68 Å². The molecule has 1 atom stereocenters. The lowest BCUT2D eigenvalue weighted by atomic mass is 10.1. The van der Waals surface area contributed by atoms with Gasteiger partial charge in [-0.1, -0.05) is 64.5 Å². The van der Waals surface area contributed by atoms with E-state index in [1.165, 1.54) is 0 Å². The molecule has 7 heteroatoms. The smallest absolute Gasteiger partial charge is 0.308 e. The number of nitrogens with zero attached hydrogens (tertiary/aromatic N) is 2. The second kappa shape index (κ2) is 9.49. The number of aromatic nitrogens is 2. The highest BCUT2D eigenvalue weighted by molar-refractivity contribution is 9.10. The molecule has 0 bridgehead atoms. The highest BCUT2D eigenvalue weighted by atomic mass is 79.9. The summed E-state index contributed by atoms with van der Waals surface area (Å²) in [5.74, 6) is 0. The van der Waals surface area contributed by atoms with Crippen molar-refractivity contribution in [3.63, 3.8) is 0 Å². The fourth-order valence-electron chi connectivity index (χ4n) is 3.76. The summed E-state index contributed by atoms with van der Waals surface area (Å²) < 4.78 is 28.8. The lowest BCUT2D eigenvalue weighted by Crippen LogP contribution is -2.13. The normalized spacial score (nSPS) is 12.9. The molecule has 0 aliphatic heterocycles. The molecule has 3 aromatic carbocycles. The Morgan fingerprint density at radius 1 is 0.903 bits per heavy atom. The van der Waals surface area contributed by atoms with E-state index in [0.717, 1.165) is 32.3 Å². The molecule has 0 N–H and O–H groups in total. The maximum absolute atomic E-state index is 14.2. The molecule has 0 spiro atoms. The first-order chi connectivity index (χ1) is 15.1. The molecule has 1 heterocycles. The Bertz CT molecular complexity index is 1200. The van der Waals surface area contributed by atoms with Gasteiger partial charge in [-0.05, 0) is 49.7 Å². The Morgan fingerprint density at radius 2 is 1.52 bits per heavy atom. The van der Waals surface area contributed by atoms with Crippen LogP contribution >= 0.6 is 23.5 Å². The van der Waals surface area contributed by atoms with E-state index < -0.39 is 13.3 Å². The van der Waals surface area contributed by atoms with Gasteiger partial charge in [-0.2, -0.15) is 5.10 Å². The average molecular weight is 499 g/mol. The van der Waals surface area contributed by atoms with E-state index in [1.54, 1.807) is 0 Å². The molecule has 0 radical (unpaired) electrons. The maximum Gasteiger partial charge on any atom is 0.344 e. The minimum absolute atomic E-state index is 0.279. The van der Waals surface area contributed by atoms with Crippen molar-refractivity contribution in [1.29, 1.82) is 0 Å². The zero-order valence-corrected chi connectivity index (χ0v) is 19.9. The Morgan fingerprint density at radius 3 is 2.16 bits per heavy atom. The Kier molecular flexibility index (Phi) is 6.73. The van der Waals surface area contributed by atoms with Crippen molar-refractivity contribution >= 4 is 34.4 Å². The van der Waals surface area contributed by atoms with Crippen LogP contribution in [0.4, 0.5) is 0 Å². The standard InChI is InChI=1S/C24H24BrN2O3P/c1-3-29-31(28,30-4-2)24(18-14-16-19(25)17-15-18)23-21-12-8-9-13-22(21)26-27(23)20-10-6-5-7-11-20/h5-17,24H,3-4H2,1-2H3. The number of hydrogen-bond acceptors (Lipinski definition) is 4. The Balaban J connectivity index is 2.05. The summed E-state index contributed by atoms with van der Waals surface area (Å²) in [6.45, 7) is 4.22. The largest absolute Gasteiger partial charge is 0.344 e. The van der Waals surface area contributed by atoms with Gasteiger partial charge in [0.1, 0.15) is 5.66 Å². The second-order valence-electron chi connectivity index (χ2n) is 6.98. The minimum Gasteiger partial charge on any atom is -0.308 e. The number of rotatable bonds is 8. The van der Waals surface area contributed by atoms with Gasteiger partial charge in [-0.15, -0.1) is 0 Å². The van der Waals surface area contributed by atoms with Gasteiger partial charge in [0, 0.05) is 9.86 Å². The first kappa shape index (κ1) is 22.0. The Hall–Kier alpha value is -2.24. The van der Waals surface area contributed by atoms with Crippen molar-refractivity contribution in [2.24, 2.45) is 0 Å². The zero-order valence-electron chi connectivity index (χ0n) is 17.4. The van der Waals surface area contributed by atoms with Crippen LogP contribution in [-0.2, 0) is 13.6 Å². The third-order valence-corrected chi connectivity index (χ3v) is 7.94. The van der Waals surface area contributed by atoms with E-state index in [9.17, 15) is 4.57 Å². The highest BCUT2D eigenvalue weighted by Crippen LogP contribution is 2.64. The lowest BCUT2D eigenvalue weighted by Gasteiger charge is -2.28. The van der Waals surface area contributed by atoms with Crippen molar-refractivity contribution in [2.45, 2.75) is 19.5 Å². The summed E-state index contributed by atoms with van der Waals surface area (Å²) in [6.07, 6.45) is 0. The molecule has 0 saturated carbocycles. The molecule has 4 aromatic rings. The molecule has 0 amide bonds. The van der Waals surface area contributed by atoms with E-state index in [2.05, 4.69) is 15.9 Å². The number of benzene rings is 3. The van der Waals surface area contributed by atoms with Crippen LogP contribution in [0, 0.1) is 0 Å². The van der Waals surface area contributed by atoms with Crippen LogP contribution in [-0.4, -0.2) is 23.0 Å². The minimum atomic E-state index is -3.58. The maximum atomic E-state index is 14.2. The molecule has 0 fully saturated rings. The Labute approximate surface area is 190 Å². The molecule has 4 rings (SSSR count).